The number of alkyl halides is 3. The Kier molecular flexibility index (Phi) is 9.83. The minimum absolute atomic E-state index is 0.0344. The number of hydrogen-bond acceptors (Lipinski definition) is 8. The highest BCUT2D eigenvalue weighted by Crippen LogP contribution is 2.35. The summed E-state index contributed by atoms with van der Waals surface area (Å²) in [5.74, 6) is 0.432. The Morgan fingerprint density at radius 2 is 1.68 bits per heavy atom. The van der Waals surface area contributed by atoms with Crippen LogP contribution < -0.4 is 5.32 Å². The molecular weight excluding hydrogens is 597 g/mol. The van der Waals surface area contributed by atoms with E-state index in [1.165, 1.54) is 29.0 Å². The highest BCUT2D eigenvalue weighted by molar-refractivity contribution is 7.88. The maximum Gasteiger partial charge on any atom is 0.416 e. The van der Waals surface area contributed by atoms with Crippen LogP contribution in [0.15, 0.2) is 30.6 Å². The van der Waals surface area contributed by atoms with Crippen molar-refractivity contribution in [3.05, 3.63) is 53.0 Å². The summed E-state index contributed by atoms with van der Waals surface area (Å²) >= 11 is 0. The minimum atomic E-state index is -4.37. The third-order valence-electron chi connectivity index (χ3n) is 9.31. The molecule has 1 amide bonds. The molecule has 4 heterocycles. The number of hydrogen-bond donors (Lipinski definition) is 1. The van der Waals surface area contributed by atoms with Crippen molar-refractivity contribution < 1.29 is 31.1 Å². The maximum absolute atomic E-state index is 13.5. The average Bonchev–Trinajstić information content (AvgIpc) is 3.48. The fourth-order valence-corrected chi connectivity index (χ4v) is 7.26. The zero-order valence-corrected chi connectivity index (χ0v) is 26.2. The number of benzene rings is 1. The lowest BCUT2D eigenvalue weighted by Gasteiger charge is -2.43. The van der Waals surface area contributed by atoms with E-state index in [0.717, 1.165) is 62.9 Å². The molecule has 0 bridgehead atoms. The van der Waals surface area contributed by atoms with Crippen molar-refractivity contribution in [2.45, 2.75) is 75.9 Å². The smallest absolute Gasteiger partial charge is 0.368 e. The molecule has 5 rings (SSSR count). The number of piperidine rings is 2. The van der Waals surface area contributed by atoms with Crippen LogP contribution in [0.5, 0.6) is 0 Å². The normalized spacial score (nSPS) is 22.9. The van der Waals surface area contributed by atoms with Gasteiger partial charge in [-0.2, -0.15) is 13.2 Å². The molecule has 3 aliphatic rings. The number of aromatic nitrogens is 2. The summed E-state index contributed by atoms with van der Waals surface area (Å²) in [6.45, 7) is 5.21. The van der Waals surface area contributed by atoms with Gasteiger partial charge in [0.05, 0.1) is 24.0 Å². The molecule has 3 saturated heterocycles. The van der Waals surface area contributed by atoms with E-state index in [1.807, 2.05) is 11.8 Å². The summed E-state index contributed by atoms with van der Waals surface area (Å²) in [7, 11) is -1.55. The summed E-state index contributed by atoms with van der Waals surface area (Å²) in [5, 5.41) is 3.28. The van der Waals surface area contributed by atoms with Gasteiger partial charge in [0.25, 0.3) is 5.91 Å². The van der Waals surface area contributed by atoms with Crippen molar-refractivity contribution in [1.82, 2.24) is 24.1 Å². The Bertz CT molecular complexity index is 1410. The highest BCUT2D eigenvalue weighted by Gasteiger charge is 2.34. The van der Waals surface area contributed by atoms with Gasteiger partial charge in [0.1, 0.15) is 17.8 Å². The number of rotatable bonds is 8. The van der Waals surface area contributed by atoms with Crippen LogP contribution in [0.2, 0.25) is 0 Å². The van der Waals surface area contributed by atoms with Crippen LogP contribution in [0.3, 0.4) is 0 Å². The third-order valence-corrected chi connectivity index (χ3v) is 10.7. The molecule has 3 aliphatic heterocycles. The van der Waals surface area contributed by atoms with Crippen molar-refractivity contribution in [2.75, 3.05) is 51.3 Å². The second-order valence-electron chi connectivity index (χ2n) is 12.1. The van der Waals surface area contributed by atoms with Gasteiger partial charge in [0, 0.05) is 44.3 Å². The van der Waals surface area contributed by atoms with Crippen LogP contribution in [0.4, 0.5) is 19.0 Å². The monoisotopic (exact) mass is 638 g/mol. The van der Waals surface area contributed by atoms with Crippen molar-refractivity contribution in [3.8, 4) is 0 Å². The van der Waals surface area contributed by atoms with Gasteiger partial charge in [-0.25, -0.2) is 22.7 Å². The Balaban J connectivity index is 1.10. The van der Waals surface area contributed by atoms with Crippen molar-refractivity contribution in [2.24, 2.45) is 0 Å². The van der Waals surface area contributed by atoms with E-state index >= 15 is 0 Å². The third kappa shape index (κ3) is 7.52. The molecule has 0 saturated carbocycles. The zero-order chi connectivity index (χ0) is 31.6. The van der Waals surface area contributed by atoms with Gasteiger partial charge in [-0.15, -0.1) is 0 Å². The Morgan fingerprint density at radius 1 is 1.02 bits per heavy atom. The standard InChI is InChI=1S/C30H41F3N6O4S/c1-20-27(29(40)39-16-12-24(13-17-39)38-14-10-23(11-15-38)37(2)44(3,41)42)35-19-36-28(20)34-18-25-8-9-26(43-25)21-4-6-22(7-5-21)30(31,32)33/h4-7,19,23-26H,8-18H2,1-3H3,(H,34,35,36)/t25?,26-/m0/s1. The largest absolute Gasteiger partial charge is 0.416 e. The number of carbonyl (C=O) groups excluding carboxylic acids is 1. The first-order chi connectivity index (χ1) is 20.8. The highest BCUT2D eigenvalue weighted by atomic mass is 32.2. The Labute approximate surface area is 257 Å². The van der Waals surface area contributed by atoms with Gasteiger partial charge in [-0.05, 0) is 76.2 Å². The number of sulfonamides is 1. The Hall–Kier alpha value is -2.81. The predicted octanol–water partition coefficient (Wildman–Crippen LogP) is 4.10. The second kappa shape index (κ2) is 13.3. The van der Waals surface area contributed by atoms with Crippen LogP contribution in [-0.4, -0.2) is 103 Å². The number of halogens is 3. The SMILES string of the molecule is Cc1c(NCC2CC[C@@H](c3ccc(C(F)(F)F)cc3)O2)ncnc1C(=O)N1CCC(N2CCC(N(C)S(C)(=O)=O)CC2)CC1. The van der Waals surface area contributed by atoms with Crippen LogP contribution in [0.1, 0.15) is 71.8 Å². The zero-order valence-electron chi connectivity index (χ0n) is 25.4. The predicted molar refractivity (Wildman–Crippen MR) is 160 cm³/mol. The van der Waals surface area contributed by atoms with Gasteiger partial charge in [-0.1, -0.05) is 12.1 Å². The number of likely N-dealkylation sites (tertiary alicyclic amines) is 2. The van der Waals surface area contributed by atoms with E-state index in [0.29, 0.717) is 49.2 Å². The van der Waals surface area contributed by atoms with E-state index in [1.54, 1.807) is 7.05 Å². The molecule has 1 aromatic heterocycles. The molecule has 2 atom stereocenters. The van der Waals surface area contributed by atoms with Crippen LogP contribution in [0.25, 0.3) is 0 Å². The van der Waals surface area contributed by atoms with Crippen LogP contribution in [0, 0.1) is 6.92 Å². The molecule has 44 heavy (non-hydrogen) atoms. The molecule has 14 heteroatoms. The van der Waals surface area contributed by atoms with E-state index in [-0.39, 0.29) is 24.2 Å². The molecule has 0 aliphatic carbocycles. The first kappa shape index (κ1) is 32.6. The van der Waals surface area contributed by atoms with Crippen molar-refractivity contribution in [1.29, 1.82) is 0 Å². The number of nitrogens with zero attached hydrogens (tertiary/aromatic N) is 5. The Morgan fingerprint density at radius 3 is 2.30 bits per heavy atom. The second-order valence-corrected chi connectivity index (χ2v) is 14.1. The van der Waals surface area contributed by atoms with Crippen molar-refractivity contribution >= 4 is 21.7 Å². The summed E-state index contributed by atoms with van der Waals surface area (Å²) in [6.07, 6.45) is 2.62. The first-order valence-corrected chi connectivity index (χ1v) is 17.0. The summed E-state index contributed by atoms with van der Waals surface area (Å²) in [4.78, 5) is 26.4. The molecule has 1 unspecified atom stereocenters. The number of anilines is 1. The van der Waals surface area contributed by atoms with Gasteiger partial charge in [0.15, 0.2) is 0 Å². The summed E-state index contributed by atoms with van der Waals surface area (Å²) in [6, 6.07) is 5.52. The molecule has 2 aromatic rings. The van der Waals surface area contributed by atoms with Gasteiger partial charge in [-0.3, -0.25) is 4.79 Å². The van der Waals surface area contributed by atoms with Gasteiger partial charge >= 0.3 is 6.18 Å². The minimum Gasteiger partial charge on any atom is -0.368 e. The van der Waals surface area contributed by atoms with E-state index in [2.05, 4.69) is 20.2 Å². The van der Waals surface area contributed by atoms with Gasteiger partial charge < -0.3 is 19.9 Å². The lowest BCUT2D eigenvalue weighted by Crippen LogP contribution is -2.52. The van der Waals surface area contributed by atoms with Crippen LogP contribution in [-0.2, 0) is 20.9 Å². The molecular formula is C30H41F3N6O4S. The van der Waals surface area contributed by atoms with E-state index < -0.39 is 21.8 Å². The average molecular weight is 639 g/mol. The molecule has 242 valence electrons. The van der Waals surface area contributed by atoms with Gasteiger partial charge in [0.2, 0.25) is 10.0 Å². The molecule has 1 aromatic carbocycles. The molecule has 0 radical (unpaired) electrons. The maximum atomic E-state index is 13.5. The number of amides is 1. The van der Waals surface area contributed by atoms with Crippen molar-refractivity contribution in [3.63, 3.8) is 0 Å². The topological polar surface area (TPSA) is 108 Å². The molecule has 0 spiro atoms. The first-order valence-electron chi connectivity index (χ1n) is 15.2. The number of carbonyl (C=O) groups is 1. The lowest BCUT2D eigenvalue weighted by molar-refractivity contribution is -0.137. The van der Waals surface area contributed by atoms with E-state index in [9.17, 15) is 26.4 Å². The molecule has 10 nitrogen and oxygen atoms in total. The fourth-order valence-electron chi connectivity index (χ4n) is 6.51. The molecule has 3 fully saturated rings. The summed E-state index contributed by atoms with van der Waals surface area (Å²) < 4.78 is 70.1. The number of nitrogens with one attached hydrogen (secondary N) is 1. The van der Waals surface area contributed by atoms with Crippen LogP contribution >= 0.6 is 0 Å². The van der Waals surface area contributed by atoms with E-state index in [4.69, 9.17) is 4.74 Å². The fraction of sp³-hybridized carbons (Fsp3) is 0.633. The lowest BCUT2D eigenvalue weighted by atomic mass is 9.97. The quantitative estimate of drug-likeness (QED) is 0.461. The summed E-state index contributed by atoms with van der Waals surface area (Å²) in [5.41, 5.74) is 1.07. The number of ether oxygens (including phenoxy) is 1. The molecule has 1 N–H and O–H groups in total.